The van der Waals surface area contributed by atoms with Crippen LogP contribution in [0.4, 0.5) is 0 Å². The maximum absolute atomic E-state index is 4.62. The summed E-state index contributed by atoms with van der Waals surface area (Å²) in [7, 11) is 1.90. The van der Waals surface area contributed by atoms with Gasteiger partial charge in [-0.2, -0.15) is 0 Å². The Morgan fingerprint density at radius 3 is 2.32 bits per heavy atom. The fourth-order valence-electron chi connectivity index (χ4n) is 2.84. The minimum Gasteiger partial charge on any atom is -0.292 e. The van der Waals surface area contributed by atoms with Crippen LogP contribution < -0.4 is 0 Å². The number of benzene rings is 1. The van der Waals surface area contributed by atoms with Crippen molar-refractivity contribution in [2.75, 3.05) is 7.05 Å². The molecular formula is C18H27N. The molecule has 1 aromatic carbocycles. The van der Waals surface area contributed by atoms with Crippen LogP contribution in [0.3, 0.4) is 0 Å². The molecule has 0 N–H and O–H groups in total. The Hall–Kier alpha value is -1.37. The second-order valence-corrected chi connectivity index (χ2v) is 5.15. The van der Waals surface area contributed by atoms with Crippen molar-refractivity contribution in [1.82, 2.24) is 0 Å². The molecule has 0 radical (unpaired) electrons. The lowest BCUT2D eigenvalue weighted by atomic mass is 9.72. The first-order valence-corrected chi connectivity index (χ1v) is 7.40. The average Bonchev–Trinajstić information content (AvgIpc) is 2.46. The lowest BCUT2D eigenvalue weighted by molar-refractivity contribution is 0.426. The fourth-order valence-corrected chi connectivity index (χ4v) is 2.84. The highest BCUT2D eigenvalue weighted by molar-refractivity contribution is 6.05. The lowest BCUT2D eigenvalue weighted by Crippen LogP contribution is -2.30. The van der Waals surface area contributed by atoms with E-state index >= 15 is 0 Å². The molecule has 0 saturated carbocycles. The van der Waals surface area contributed by atoms with Crippen LogP contribution in [0.2, 0.25) is 0 Å². The van der Waals surface area contributed by atoms with Crippen molar-refractivity contribution < 1.29 is 0 Å². The van der Waals surface area contributed by atoms with Crippen LogP contribution in [0.5, 0.6) is 0 Å². The van der Waals surface area contributed by atoms with E-state index in [0.29, 0.717) is 0 Å². The molecule has 0 fully saturated rings. The fraction of sp³-hybridized carbons (Fsp3) is 0.500. The molecule has 0 aliphatic heterocycles. The number of rotatable bonds is 8. The average molecular weight is 257 g/mol. The number of nitrogens with zero attached hydrogens (tertiary/aromatic N) is 1. The van der Waals surface area contributed by atoms with E-state index in [-0.39, 0.29) is 5.41 Å². The highest BCUT2D eigenvalue weighted by Gasteiger charge is 2.31. The molecule has 0 amide bonds. The normalized spacial score (nSPS) is 15.0. The summed E-state index contributed by atoms with van der Waals surface area (Å²) in [6.45, 7) is 8.60. The third-order valence-corrected chi connectivity index (χ3v) is 3.81. The Labute approximate surface area is 118 Å². The summed E-state index contributed by atoms with van der Waals surface area (Å²) < 4.78 is 0. The largest absolute Gasteiger partial charge is 0.292 e. The van der Waals surface area contributed by atoms with Gasteiger partial charge in [0.1, 0.15) is 0 Å². The number of hydrogen-bond donors (Lipinski definition) is 0. The van der Waals surface area contributed by atoms with Gasteiger partial charge in [0.2, 0.25) is 0 Å². The summed E-state index contributed by atoms with van der Waals surface area (Å²) >= 11 is 0. The zero-order valence-electron chi connectivity index (χ0n) is 12.7. The molecule has 1 unspecified atom stereocenters. The predicted molar refractivity (Wildman–Crippen MR) is 86.0 cm³/mol. The van der Waals surface area contributed by atoms with E-state index in [9.17, 15) is 0 Å². The maximum Gasteiger partial charge on any atom is 0.0516 e. The Bertz CT molecular complexity index is 405. The Kier molecular flexibility index (Phi) is 6.55. The molecule has 0 aromatic heterocycles. The second-order valence-electron chi connectivity index (χ2n) is 5.15. The molecule has 104 valence electrons. The van der Waals surface area contributed by atoms with Crippen molar-refractivity contribution in [3.8, 4) is 0 Å². The van der Waals surface area contributed by atoms with Crippen molar-refractivity contribution in [3.05, 3.63) is 48.6 Å². The van der Waals surface area contributed by atoms with Crippen molar-refractivity contribution in [2.24, 2.45) is 10.4 Å². The van der Waals surface area contributed by atoms with Crippen LogP contribution in [-0.4, -0.2) is 12.8 Å². The molecule has 0 bridgehead atoms. The molecule has 0 aliphatic rings. The van der Waals surface area contributed by atoms with Crippen molar-refractivity contribution in [3.63, 3.8) is 0 Å². The van der Waals surface area contributed by atoms with Gasteiger partial charge in [0.15, 0.2) is 0 Å². The highest BCUT2D eigenvalue weighted by atomic mass is 14.7. The molecule has 0 heterocycles. The van der Waals surface area contributed by atoms with Gasteiger partial charge in [-0.05, 0) is 18.4 Å². The Morgan fingerprint density at radius 1 is 1.16 bits per heavy atom. The topological polar surface area (TPSA) is 12.4 Å². The van der Waals surface area contributed by atoms with E-state index in [0.717, 1.165) is 19.3 Å². The molecule has 19 heavy (non-hydrogen) atoms. The first-order valence-electron chi connectivity index (χ1n) is 7.40. The van der Waals surface area contributed by atoms with Gasteiger partial charge < -0.3 is 0 Å². The van der Waals surface area contributed by atoms with E-state index in [4.69, 9.17) is 0 Å². The van der Waals surface area contributed by atoms with Crippen LogP contribution in [0, 0.1) is 5.41 Å². The number of allylic oxidation sites excluding steroid dienone is 1. The third kappa shape index (κ3) is 3.79. The molecule has 1 nitrogen and oxygen atoms in total. The smallest absolute Gasteiger partial charge is 0.0516 e. The van der Waals surface area contributed by atoms with E-state index in [2.05, 4.69) is 61.8 Å². The van der Waals surface area contributed by atoms with Gasteiger partial charge >= 0.3 is 0 Å². The molecule has 1 heteroatoms. The molecule has 1 atom stereocenters. The molecule has 0 aliphatic carbocycles. The van der Waals surface area contributed by atoms with Crippen LogP contribution in [-0.2, 0) is 0 Å². The summed E-state index contributed by atoms with van der Waals surface area (Å²) in [6.07, 6.45) is 7.98. The van der Waals surface area contributed by atoms with Crippen molar-refractivity contribution in [1.29, 1.82) is 0 Å². The van der Waals surface area contributed by atoms with E-state index < -0.39 is 0 Å². The monoisotopic (exact) mass is 257 g/mol. The van der Waals surface area contributed by atoms with Crippen LogP contribution >= 0.6 is 0 Å². The van der Waals surface area contributed by atoms with Gasteiger partial charge in [-0.15, -0.1) is 6.58 Å². The molecule has 1 aromatic rings. The van der Waals surface area contributed by atoms with E-state index in [1.54, 1.807) is 0 Å². The standard InChI is InChI=1S/C18H27N/c1-5-8-15-18(7-3,14-6-2)17(19-4)16-12-10-9-11-13-16/h7,9-13H,3,5-6,8,14-15H2,1-2,4H3. The predicted octanol–water partition coefficient (Wildman–Crippen LogP) is 5.27. The van der Waals surface area contributed by atoms with Crippen LogP contribution in [0.25, 0.3) is 0 Å². The third-order valence-electron chi connectivity index (χ3n) is 3.81. The summed E-state index contributed by atoms with van der Waals surface area (Å²) in [5.41, 5.74) is 2.45. The minimum atomic E-state index is 0.0286. The summed E-state index contributed by atoms with van der Waals surface area (Å²) in [5.74, 6) is 0. The summed E-state index contributed by atoms with van der Waals surface area (Å²) in [6, 6.07) is 10.5. The maximum atomic E-state index is 4.62. The van der Waals surface area contributed by atoms with Gasteiger partial charge in [-0.3, -0.25) is 4.99 Å². The number of unbranched alkanes of at least 4 members (excludes halogenated alkanes) is 1. The molecule has 0 saturated heterocycles. The minimum absolute atomic E-state index is 0.0286. The van der Waals surface area contributed by atoms with Gasteiger partial charge in [0, 0.05) is 12.5 Å². The first kappa shape index (κ1) is 15.7. The highest BCUT2D eigenvalue weighted by Crippen LogP contribution is 2.36. The van der Waals surface area contributed by atoms with Crippen molar-refractivity contribution >= 4 is 5.71 Å². The van der Waals surface area contributed by atoms with E-state index in [1.165, 1.54) is 24.1 Å². The Morgan fingerprint density at radius 2 is 1.84 bits per heavy atom. The quantitative estimate of drug-likeness (QED) is 0.444. The van der Waals surface area contributed by atoms with Gasteiger partial charge in [-0.1, -0.05) is 69.5 Å². The lowest BCUT2D eigenvalue weighted by Gasteiger charge is -2.32. The van der Waals surface area contributed by atoms with Gasteiger partial charge in [0.25, 0.3) is 0 Å². The number of aliphatic imine (C=N–C) groups is 1. The SMILES string of the molecule is C=CC(CCC)(CCCC)C(=NC)c1ccccc1. The summed E-state index contributed by atoms with van der Waals surface area (Å²) in [4.78, 5) is 4.62. The molecular weight excluding hydrogens is 230 g/mol. The van der Waals surface area contributed by atoms with Crippen molar-refractivity contribution in [2.45, 2.75) is 46.0 Å². The van der Waals surface area contributed by atoms with Gasteiger partial charge in [-0.25, -0.2) is 0 Å². The zero-order chi connectivity index (χ0) is 14.1. The Balaban J connectivity index is 3.16. The van der Waals surface area contributed by atoms with E-state index in [1.807, 2.05) is 7.05 Å². The van der Waals surface area contributed by atoms with Crippen LogP contribution in [0.15, 0.2) is 48.0 Å². The van der Waals surface area contributed by atoms with Crippen LogP contribution in [0.1, 0.15) is 51.5 Å². The molecule has 1 rings (SSSR count). The number of hydrogen-bond acceptors (Lipinski definition) is 1. The second kappa shape index (κ2) is 7.93. The summed E-state index contributed by atoms with van der Waals surface area (Å²) in [5, 5.41) is 0. The van der Waals surface area contributed by atoms with Gasteiger partial charge in [0.05, 0.1) is 5.71 Å². The molecule has 0 spiro atoms. The zero-order valence-corrected chi connectivity index (χ0v) is 12.7. The first-order chi connectivity index (χ1) is 9.24.